The molecule has 2 fully saturated rings. The maximum absolute atomic E-state index is 12.1. The molecule has 21 heavy (non-hydrogen) atoms. The van der Waals surface area contributed by atoms with Gasteiger partial charge in [-0.3, -0.25) is 9.59 Å². The number of ether oxygens (including phenoxy) is 2. The third-order valence-electron chi connectivity index (χ3n) is 4.22. The molecule has 1 aromatic rings. The van der Waals surface area contributed by atoms with Gasteiger partial charge in [0.05, 0.1) is 6.61 Å². The first kappa shape index (κ1) is 14.1. The second-order valence-corrected chi connectivity index (χ2v) is 5.83. The van der Waals surface area contributed by atoms with Crippen LogP contribution in [0.4, 0.5) is 0 Å². The number of aliphatic carboxylic acids is 1. The molecule has 0 aromatic heterocycles. The summed E-state index contributed by atoms with van der Waals surface area (Å²) in [5, 5.41) is 9.14. The monoisotopic (exact) mass is 290 g/mol. The van der Waals surface area contributed by atoms with Gasteiger partial charge >= 0.3 is 11.9 Å². The van der Waals surface area contributed by atoms with Crippen molar-refractivity contribution in [2.45, 2.75) is 38.4 Å². The molecule has 1 heterocycles. The van der Waals surface area contributed by atoms with Gasteiger partial charge in [0.2, 0.25) is 0 Å². The average Bonchev–Trinajstić information content (AvgIpc) is 3.14. The number of benzene rings is 1. The van der Waals surface area contributed by atoms with Gasteiger partial charge < -0.3 is 14.6 Å². The Bertz CT molecular complexity index is 576. The molecule has 1 N–H and O–H groups in total. The summed E-state index contributed by atoms with van der Waals surface area (Å²) in [5.41, 5.74) is 0.766. The van der Waals surface area contributed by atoms with E-state index in [9.17, 15) is 9.59 Å². The molecule has 1 aliphatic carbocycles. The summed E-state index contributed by atoms with van der Waals surface area (Å²) in [6.45, 7) is 2.50. The fourth-order valence-electron chi connectivity index (χ4n) is 2.73. The molecule has 0 radical (unpaired) electrons. The Labute approximate surface area is 122 Å². The van der Waals surface area contributed by atoms with Crippen LogP contribution in [-0.2, 0) is 19.1 Å². The van der Waals surface area contributed by atoms with Crippen molar-refractivity contribution in [1.29, 1.82) is 0 Å². The normalized spacial score (nSPS) is 26.3. The number of carbonyl (C=O) groups is 2. The molecule has 3 rings (SSSR count). The van der Waals surface area contributed by atoms with Crippen molar-refractivity contribution >= 4 is 11.9 Å². The van der Waals surface area contributed by atoms with Crippen LogP contribution in [0.25, 0.3) is 0 Å². The highest BCUT2D eigenvalue weighted by atomic mass is 16.6. The lowest BCUT2D eigenvalue weighted by Gasteiger charge is -2.21. The highest BCUT2D eigenvalue weighted by molar-refractivity contribution is 6.02. The third kappa shape index (κ3) is 2.53. The summed E-state index contributed by atoms with van der Waals surface area (Å²) >= 11 is 0. The van der Waals surface area contributed by atoms with Crippen molar-refractivity contribution in [3.05, 3.63) is 35.4 Å². The number of carbonyl (C=O) groups excluding carboxylic acids is 1. The van der Waals surface area contributed by atoms with E-state index in [1.807, 2.05) is 31.2 Å². The van der Waals surface area contributed by atoms with Gasteiger partial charge in [-0.05, 0) is 25.3 Å². The van der Waals surface area contributed by atoms with E-state index in [-0.39, 0.29) is 6.10 Å². The zero-order valence-corrected chi connectivity index (χ0v) is 11.9. The number of esters is 1. The lowest BCUT2D eigenvalue weighted by molar-refractivity contribution is -0.166. The van der Waals surface area contributed by atoms with Gasteiger partial charge in [0.1, 0.15) is 12.2 Å². The van der Waals surface area contributed by atoms with Crippen LogP contribution in [-0.4, -0.2) is 29.8 Å². The summed E-state index contributed by atoms with van der Waals surface area (Å²) < 4.78 is 11.1. The zero-order chi connectivity index (χ0) is 15.0. The van der Waals surface area contributed by atoms with Crippen LogP contribution in [0, 0.1) is 12.3 Å². The number of hydrogen-bond acceptors (Lipinski definition) is 4. The van der Waals surface area contributed by atoms with Crippen LogP contribution < -0.4 is 0 Å². The fraction of sp³-hybridized carbons (Fsp3) is 0.500. The third-order valence-corrected chi connectivity index (χ3v) is 4.22. The predicted molar refractivity (Wildman–Crippen MR) is 73.7 cm³/mol. The number of carboxylic acids is 1. The van der Waals surface area contributed by atoms with E-state index in [0.717, 1.165) is 11.1 Å². The summed E-state index contributed by atoms with van der Waals surface area (Å²) in [6, 6.07) is 7.86. The molecule has 112 valence electrons. The summed E-state index contributed by atoms with van der Waals surface area (Å²) in [7, 11) is 0. The molecular weight excluding hydrogens is 272 g/mol. The molecule has 0 amide bonds. The lowest BCUT2D eigenvalue weighted by atomic mass is 10.0. The van der Waals surface area contributed by atoms with Gasteiger partial charge in [-0.2, -0.15) is 0 Å². The highest BCUT2D eigenvalue weighted by Gasteiger charge is 2.59. The van der Waals surface area contributed by atoms with Crippen LogP contribution in [0.15, 0.2) is 24.3 Å². The minimum atomic E-state index is -1.31. The predicted octanol–water partition coefficient (Wildman–Crippen LogP) is 2.23. The summed E-state index contributed by atoms with van der Waals surface area (Å²) in [5.74, 6) is -1.71. The number of hydrogen-bond donors (Lipinski definition) is 1. The van der Waals surface area contributed by atoms with Crippen molar-refractivity contribution in [3.8, 4) is 0 Å². The molecule has 0 spiro atoms. The fourth-order valence-corrected chi connectivity index (χ4v) is 2.73. The highest BCUT2D eigenvalue weighted by Crippen LogP contribution is 2.48. The van der Waals surface area contributed by atoms with Crippen LogP contribution in [0.2, 0.25) is 0 Å². The Morgan fingerprint density at radius 3 is 2.76 bits per heavy atom. The maximum atomic E-state index is 12.1. The van der Waals surface area contributed by atoms with Gasteiger partial charge in [0, 0.05) is 6.42 Å². The molecule has 5 nitrogen and oxygen atoms in total. The van der Waals surface area contributed by atoms with Gasteiger partial charge in [0.25, 0.3) is 0 Å². The van der Waals surface area contributed by atoms with Crippen molar-refractivity contribution in [1.82, 2.24) is 0 Å². The minimum Gasteiger partial charge on any atom is -0.480 e. The summed E-state index contributed by atoms with van der Waals surface area (Å²) in [6.07, 6.45) is 0.614. The second kappa shape index (κ2) is 5.15. The van der Waals surface area contributed by atoms with Crippen LogP contribution in [0.1, 0.15) is 36.5 Å². The Balaban J connectivity index is 1.73. The van der Waals surface area contributed by atoms with Gasteiger partial charge in [-0.1, -0.05) is 29.8 Å². The van der Waals surface area contributed by atoms with Crippen molar-refractivity contribution in [2.24, 2.45) is 5.41 Å². The molecule has 5 heteroatoms. The molecular formula is C16H18O5. The first-order valence-electron chi connectivity index (χ1n) is 7.15. The van der Waals surface area contributed by atoms with Crippen molar-refractivity contribution in [2.75, 3.05) is 6.61 Å². The topological polar surface area (TPSA) is 72.8 Å². The molecule has 2 atom stereocenters. The molecule has 1 aromatic carbocycles. The minimum absolute atomic E-state index is 0.307. The lowest BCUT2D eigenvalue weighted by Crippen LogP contribution is -2.32. The van der Waals surface area contributed by atoms with Gasteiger partial charge in [-0.25, -0.2) is 0 Å². The smallest absolute Gasteiger partial charge is 0.323 e. The molecule has 0 unspecified atom stereocenters. The SMILES string of the molecule is Cc1cccc([C@H]2OCC[C@@H]2OC(=O)C2(C(=O)O)CC2)c1. The van der Waals surface area contributed by atoms with Crippen LogP contribution in [0.5, 0.6) is 0 Å². The average molecular weight is 290 g/mol. The Morgan fingerprint density at radius 2 is 2.14 bits per heavy atom. The number of aryl methyl sites for hydroxylation is 1. The van der Waals surface area contributed by atoms with Gasteiger partial charge in [0.15, 0.2) is 5.41 Å². The number of rotatable bonds is 4. The van der Waals surface area contributed by atoms with E-state index in [1.54, 1.807) is 0 Å². The summed E-state index contributed by atoms with van der Waals surface area (Å²) in [4.78, 5) is 23.3. The first-order valence-corrected chi connectivity index (χ1v) is 7.15. The Hall–Kier alpha value is -1.88. The van der Waals surface area contributed by atoms with E-state index < -0.39 is 23.5 Å². The largest absolute Gasteiger partial charge is 0.480 e. The van der Waals surface area contributed by atoms with E-state index >= 15 is 0 Å². The van der Waals surface area contributed by atoms with Crippen LogP contribution >= 0.6 is 0 Å². The van der Waals surface area contributed by atoms with Crippen molar-refractivity contribution < 1.29 is 24.2 Å². The Kier molecular flexibility index (Phi) is 3.45. The number of carboxylic acid groups (broad SMARTS) is 1. The molecule has 1 saturated heterocycles. The molecule has 2 aliphatic rings. The van der Waals surface area contributed by atoms with E-state index in [1.165, 1.54) is 0 Å². The molecule has 0 bridgehead atoms. The Morgan fingerprint density at radius 1 is 1.38 bits per heavy atom. The molecule has 1 aliphatic heterocycles. The molecule has 1 saturated carbocycles. The van der Waals surface area contributed by atoms with E-state index in [4.69, 9.17) is 14.6 Å². The second-order valence-electron chi connectivity index (χ2n) is 5.83. The quantitative estimate of drug-likeness (QED) is 0.680. The van der Waals surface area contributed by atoms with Crippen LogP contribution in [0.3, 0.4) is 0 Å². The standard InChI is InChI=1S/C16H18O5/c1-10-3-2-4-11(9-10)13-12(5-8-20-13)21-15(19)16(6-7-16)14(17)18/h2-4,9,12-13H,5-8H2,1H3,(H,17,18)/t12-,13+/m0/s1. The van der Waals surface area contributed by atoms with Gasteiger partial charge in [-0.15, -0.1) is 0 Å². The first-order chi connectivity index (χ1) is 10.0. The van der Waals surface area contributed by atoms with Crippen molar-refractivity contribution in [3.63, 3.8) is 0 Å². The zero-order valence-electron chi connectivity index (χ0n) is 11.9. The van der Waals surface area contributed by atoms with E-state index in [0.29, 0.717) is 25.9 Å². The maximum Gasteiger partial charge on any atom is 0.323 e. The van der Waals surface area contributed by atoms with E-state index in [2.05, 4.69) is 0 Å².